The van der Waals surface area contributed by atoms with Gasteiger partial charge in [0.15, 0.2) is 0 Å². The van der Waals surface area contributed by atoms with Gasteiger partial charge in [0, 0.05) is 23.5 Å². The Morgan fingerprint density at radius 1 is 1.45 bits per heavy atom. The van der Waals surface area contributed by atoms with Crippen molar-refractivity contribution in [1.29, 1.82) is 0 Å². The highest BCUT2D eigenvalue weighted by molar-refractivity contribution is 14.1. The number of pyridine rings is 1. The zero-order valence-electron chi connectivity index (χ0n) is 10.7. The van der Waals surface area contributed by atoms with Crippen molar-refractivity contribution in [3.63, 3.8) is 0 Å². The van der Waals surface area contributed by atoms with Crippen molar-refractivity contribution in [2.75, 3.05) is 7.11 Å². The first-order valence-corrected chi connectivity index (χ1v) is 6.85. The van der Waals surface area contributed by atoms with Gasteiger partial charge in [0.25, 0.3) is 5.91 Å². The molecule has 0 fully saturated rings. The lowest BCUT2D eigenvalue weighted by Gasteiger charge is -2.05. The summed E-state index contributed by atoms with van der Waals surface area (Å²) < 4.78 is 6.01. The molecular formula is C14H12IN3O2. The molecule has 0 aliphatic heterocycles. The largest absolute Gasteiger partial charge is 0.496 e. The summed E-state index contributed by atoms with van der Waals surface area (Å²) in [6.45, 7) is 0. The number of methoxy groups -OCH3 is 1. The van der Waals surface area contributed by atoms with Crippen LogP contribution in [0.15, 0.2) is 47.8 Å². The summed E-state index contributed by atoms with van der Waals surface area (Å²) in [5, 5.41) is 3.89. The Morgan fingerprint density at radius 3 is 2.95 bits per heavy atom. The summed E-state index contributed by atoms with van der Waals surface area (Å²) in [6, 6.07) is 8.83. The molecule has 0 bridgehead atoms. The Kier molecular flexibility index (Phi) is 5.05. The summed E-state index contributed by atoms with van der Waals surface area (Å²) in [6.07, 6.45) is 4.88. The van der Waals surface area contributed by atoms with Gasteiger partial charge in [0.05, 0.1) is 16.9 Å². The zero-order chi connectivity index (χ0) is 14.4. The fourth-order valence-corrected chi connectivity index (χ4v) is 2.23. The van der Waals surface area contributed by atoms with Crippen LogP contribution in [0.3, 0.4) is 0 Å². The summed E-state index contributed by atoms with van der Waals surface area (Å²) in [5.74, 6) is 0.465. The summed E-state index contributed by atoms with van der Waals surface area (Å²) >= 11 is 2.11. The number of benzene rings is 1. The molecule has 1 amide bonds. The highest BCUT2D eigenvalue weighted by Crippen LogP contribution is 2.21. The van der Waals surface area contributed by atoms with Crippen LogP contribution in [0.1, 0.15) is 15.9 Å². The highest BCUT2D eigenvalue weighted by Gasteiger charge is 2.07. The van der Waals surface area contributed by atoms with Crippen molar-refractivity contribution < 1.29 is 9.53 Å². The number of aromatic nitrogens is 1. The van der Waals surface area contributed by atoms with Gasteiger partial charge in [-0.15, -0.1) is 0 Å². The Labute approximate surface area is 130 Å². The first kappa shape index (κ1) is 14.4. The van der Waals surface area contributed by atoms with Crippen LogP contribution in [0, 0.1) is 3.57 Å². The Bertz CT molecular complexity index is 630. The fraction of sp³-hybridized carbons (Fsp3) is 0.0714. The molecule has 0 saturated carbocycles. The van der Waals surface area contributed by atoms with Gasteiger partial charge in [-0.2, -0.15) is 5.10 Å². The van der Waals surface area contributed by atoms with E-state index in [0.29, 0.717) is 5.56 Å². The third-order valence-electron chi connectivity index (χ3n) is 2.48. The standard InChI is InChI=1S/C14H12IN3O2/c1-20-13-5-4-11(7-12(13)15)14(19)18-17-9-10-3-2-6-16-8-10/h2-9H,1H3,(H,18,19). The molecule has 0 radical (unpaired) electrons. The van der Waals surface area contributed by atoms with E-state index in [-0.39, 0.29) is 5.91 Å². The lowest BCUT2D eigenvalue weighted by molar-refractivity contribution is 0.0955. The van der Waals surface area contributed by atoms with Crippen LogP contribution in [-0.4, -0.2) is 24.2 Å². The first-order valence-electron chi connectivity index (χ1n) is 5.77. The predicted octanol–water partition coefficient (Wildman–Crippen LogP) is 2.46. The molecule has 1 aromatic heterocycles. The summed E-state index contributed by atoms with van der Waals surface area (Å²) in [4.78, 5) is 15.9. The number of hydrogen-bond donors (Lipinski definition) is 1. The van der Waals surface area contributed by atoms with Gasteiger partial charge in [0.2, 0.25) is 0 Å². The van der Waals surface area contributed by atoms with E-state index >= 15 is 0 Å². The maximum atomic E-state index is 11.9. The maximum absolute atomic E-state index is 11.9. The molecule has 0 saturated heterocycles. The van der Waals surface area contributed by atoms with E-state index in [2.05, 4.69) is 38.1 Å². The molecule has 0 aliphatic carbocycles. The lowest BCUT2D eigenvalue weighted by Crippen LogP contribution is -2.17. The number of amides is 1. The van der Waals surface area contributed by atoms with Crippen molar-refractivity contribution in [2.24, 2.45) is 5.10 Å². The minimum Gasteiger partial charge on any atom is -0.496 e. The number of nitrogens with zero attached hydrogens (tertiary/aromatic N) is 2. The second-order valence-corrected chi connectivity index (χ2v) is 5.00. The summed E-state index contributed by atoms with van der Waals surface area (Å²) in [5.41, 5.74) is 3.81. The van der Waals surface area contributed by atoms with E-state index in [1.54, 1.807) is 50.0 Å². The molecule has 1 aromatic carbocycles. The third-order valence-corrected chi connectivity index (χ3v) is 3.32. The van der Waals surface area contributed by atoms with Gasteiger partial charge in [-0.3, -0.25) is 9.78 Å². The fourth-order valence-electron chi connectivity index (χ4n) is 1.49. The molecule has 2 rings (SSSR count). The van der Waals surface area contributed by atoms with E-state index in [1.165, 1.54) is 0 Å². The maximum Gasteiger partial charge on any atom is 0.271 e. The van der Waals surface area contributed by atoms with Crippen molar-refractivity contribution >= 4 is 34.7 Å². The van der Waals surface area contributed by atoms with Crippen molar-refractivity contribution in [3.8, 4) is 5.75 Å². The van der Waals surface area contributed by atoms with Gasteiger partial charge in [-0.05, 0) is 46.9 Å². The van der Waals surface area contributed by atoms with Crippen molar-refractivity contribution in [1.82, 2.24) is 10.4 Å². The number of carbonyl (C=O) groups is 1. The Hall–Kier alpha value is -1.96. The quantitative estimate of drug-likeness (QED) is 0.503. The molecular weight excluding hydrogens is 369 g/mol. The highest BCUT2D eigenvalue weighted by atomic mass is 127. The number of ether oxygens (including phenoxy) is 1. The van der Waals surface area contributed by atoms with Crippen molar-refractivity contribution in [3.05, 3.63) is 57.4 Å². The van der Waals surface area contributed by atoms with Crippen molar-refractivity contribution in [2.45, 2.75) is 0 Å². The van der Waals surface area contributed by atoms with Crippen LogP contribution in [0.5, 0.6) is 5.75 Å². The number of carbonyl (C=O) groups excluding carboxylic acids is 1. The van der Waals surface area contributed by atoms with E-state index < -0.39 is 0 Å². The van der Waals surface area contributed by atoms with Gasteiger partial charge in [-0.1, -0.05) is 6.07 Å². The van der Waals surface area contributed by atoms with Gasteiger partial charge < -0.3 is 4.74 Å². The second-order valence-electron chi connectivity index (χ2n) is 3.83. The van der Waals surface area contributed by atoms with Gasteiger partial charge in [0.1, 0.15) is 5.75 Å². The summed E-state index contributed by atoms with van der Waals surface area (Å²) in [7, 11) is 1.59. The minimum atomic E-state index is -0.272. The molecule has 0 aliphatic rings. The molecule has 1 heterocycles. The van der Waals surface area contributed by atoms with Crippen LogP contribution < -0.4 is 10.2 Å². The van der Waals surface area contributed by atoms with E-state index in [4.69, 9.17) is 4.74 Å². The molecule has 2 aromatic rings. The molecule has 0 spiro atoms. The van der Waals surface area contributed by atoms with Gasteiger partial charge >= 0.3 is 0 Å². The van der Waals surface area contributed by atoms with E-state index in [0.717, 1.165) is 14.9 Å². The van der Waals surface area contributed by atoms with E-state index in [9.17, 15) is 4.79 Å². The lowest BCUT2D eigenvalue weighted by atomic mass is 10.2. The van der Waals surface area contributed by atoms with E-state index in [1.807, 2.05) is 6.07 Å². The first-order chi connectivity index (χ1) is 9.70. The molecule has 6 heteroatoms. The third kappa shape index (κ3) is 3.77. The molecule has 102 valence electrons. The van der Waals surface area contributed by atoms with Crippen LogP contribution in [0.2, 0.25) is 0 Å². The number of nitrogens with one attached hydrogen (secondary N) is 1. The van der Waals surface area contributed by atoms with Crippen LogP contribution >= 0.6 is 22.6 Å². The molecule has 0 atom stereocenters. The molecule has 5 nitrogen and oxygen atoms in total. The topological polar surface area (TPSA) is 63.6 Å². The monoisotopic (exact) mass is 381 g/mol. The Morgan fingerprint density at radius 2 is 2.30 bits per heavy atom. The Balaban J connectivity index is 2.02. The van der Waals surface area contributed by atoms with Gasteiger partial charge in [-0.25, -0.2) is 5.43 Å². The smallest absolute Gasteiger partial charge is 0.271 e. The SMILES string of the molecule is COc1ccc(C(=O)NN=Cc2cccnc2)cc1I. The normalized spacial score (nSPS) is 10.5. The number of hydrazone groups is 1. The number of rotatable bonds is 4. The van der Waals surface area contributed by atoms with Crippen LogP contribution in [0.25, 0.3) is 0 Å². The number of hydrogen-bond acceptors (Lipinski definition) is 4. The predicted molar refractivity (Wildman–Crippen MR) is 85.0 cm³/mol. The zero-order valence-corrected chi connectivity index (χ0v) is 12.9. The average Bonchev–Trinajstić information content (AvgIpc) is 2.48. The molecule has 1 N–H and O–H groups in total. The molecule has 20 heavy (non-hydrogen) atoms. The second kappa shape index (κ2) is 6.99. The molecule has 0 unspecified atom stereocenters. The van der Waals surface area contributed by atoms with Crippen LogP contribution in [0.4, 0.5) is 0 Å². The van der Waals surface area contributed by atoms with Crippen LogP contribution in [-0.2, 0) is 0 Å². The number of halogens is 1. The minimum absolute atomic E-state index is 0.272. The average molecular weight is 381 g/mol.